The van der Waals surface area contributed by atoms with Gasteiger partial charge in [0.15, 0.2) is 0 Å². The number of hydrogen-bond donors (Lipinski definition) is 1. The Morgan fingerprint density at radius 3 is 2.32 bits per heavy atom. The van der Waals surface area contributed by atoms with E-state index in [9.17, 15) is 9.18 Å². The number of nitrogens with one attached hydrogen (secondary N) is 1. The fraction of sp³-hybridized carbons (Fsp3) is 0.615. The second kappa shape index (κ2) is 23.3. The molecule has 0 saturated carbocycles. The second-order valence-corrected chi connectivity index (χ2v) is 13.3. The highest BCUT2D eigenvalue weighted by Gasteiger charge is 2.30. The van der Waals surface area contributed by atoms with Gasteiger partial charge in [-0.05, 0) is 131 Å². The number of ether oxygens (including phenoxy) is 1. The molecular formula is C39H62FNO2S. The van der Waals surface area contributed by atoms with Crippen LogP contribution in [0.5, 0.6) is 0 Å². The number of halogens is 1. The molecule has 0 fully saturated rings. The van der Waals surface area contributed by atoms with Crippen molar-refractivity contribution in [3.63, 3.8) is 0 Å². The molecule has 0 atom stereocenters. The Hall–Kier alpha value is -2.11. The van der Waals surface area contributed by atoms with Gasteiger partial charge in [0.1, 0.15) is 5.82 Å². The molecule has 1 N–H and O–H groups in total. The summed E-state index contributed by atoms with van der Waals surface area (Å²) in [5.41, 5.74) is 9.78. The third-order valence-electron chi connectivity index (χ3n) is 8.02. The van der Waals surface area contributed by atoms with E-state index in [4.69, 9.17) is 4.74 Å². The Kier molecular flexibility index (Phi) is 21.1. The molecule has 0 bridgehead atoms. The summed E-state index contributed by atoms with van der Waals surface area (Å²) in [6, 6.07) is 4.51. The van der Waals surface area contributed by atoms with Gasteiger partial charge in [-0.1, -0.05) is 64.5 Å². The molecule has 44 heavy (non-hydrogen) atoms. The van der Waals surface area contributed by atoms with Crippen LogP contribution in [0.2, 0.25) is 0 Å². The van der Waals surface area contributed by atoms with Gasteiger partial charge in [0, 0.05) is 24.5 Å². The number of amides is 1. The first-order valence-corrected chi connectivity index (χ1v) is 18.3. The fourth-order valence-electron chi connectivity index (χ4n) is 5.41. The van der Waals surface area contributed by atoms with Crippen molar-refractivity contribution >= 4 is 28.9 Å². The number of allylic oxidation sites excluding steroid dienone is 6. The van der Waals surface area contributed by atoms with Gasteiger partial charge in [-0.3, -0.25) is 4.79 Å². The maximum Gasteiger partial charge on any atom is 0.256 e. The van der Waals surface area contributed by atoms with Crippen LogP contribution in [0.25, 0.3) is 5.57 Å². The van der Waals surface area contributed by atoms with Crippen molar-refractivity contribution in [1.29, 1.82) is 0 Å². The second-order valence-electron chi connectivity index (χ2n) is 12.1. The van der Waals surface area contributed by atoms with E-state index in [1.54, 1.807) is 6.07 Å². The highest BCUT2D eigenvalue weighted by atomic mass is 32.2. The van der Waals surface area contributed by atoms with E-state index in [1.165, 1.54) is 90.0 Å². The molecule has 0 saturated heterocycles. The summed E-state index contributed by atoms with van der Waals surface area (Å²) in [7, 11) is 0. The van der Waals surface area contributed by atoms with E-state index >= 15 is 0 Å². The van der Waals surface area contributed by atoms with Gasteiger partial charge in [0.25, 0.3) is 5.91 Å². The molecule has 0 unspecified atom stereocenters. The van der Waals surface area contributed by atoms with Gasteiger partial charge < -0.3 is 10.1 Å². The number of benzene rings is 1. The molecular weight excluding hydrogens is 565 g/mol. The van der Waals surface area contributed by atoms with Crippen LogP contribution in [-0.2, 0) is 9.53 Å². The molecule has 1 aliphatic heterocycles. The molecule has 1 aromatic rings. The Morgan fingerprint density at radius 2 is 1.68 bits per heavy atom. The average Bonchev–Trinajstić information content (AvgIpc) is 3.32. The third-order valence-corrected chi connectivity index (χ3v) is 9.21. The zero-order valence-corrected chi connectivity index (χ0v) is 30.2. The monoisotopic (exact) mass is 627 g/mol. The van der Waals surface area contributed by atoms with Crippen molar-refractivity contribution in [2.45, 2.75) is 132 Å². The number of fused-ring (bicyclic) bond motifs is 1. The number of anilines is 1. The molecule has 0 radical (unpaired) electrons. The normalized spacial score (nSPS) is 16.3. The Morgan fingerprint density at radius 1 is 0.932 bits per heavy atom. The summed E-state index contributed by atoms with van der Waals surface area (Å²) < 4.78 is 19.1. The van der Waals surface area contributed by atoms with E-state index in [2.05, 4.69) is 67.3 Å². The van der Waals surface area contributed by atoms with Crippen LogP contribution < -0.4 is 5.32 Å². The molecule has 0 aromatic heterocycles. The fourth-order valence-corrected chi connectivity index (χ4v) is 6.40. The standard InChI is InChI=1S/C22H26FNO.C9H20O.C8H16S/c1-5-7-13(2)14(3)17-8-6-9-18(15(17)4)21-19-12-16(23)10-11-20(19)24-22(21)25;1-3-5-6-7-9-10-8-4-2;1-4-6-9-7-5-8(2)3/h10-12H,5-9H2,1-4H3,(H,24,25);3-9H2,1-2H3;2,4-7H2,1,3H3/b14-13-,21-18-;;. The number of carbonyl (C=O) groups is 1. The molecule has 248 valence electrons. The number of rotatable bonds is 15. The minimum atomic E-state index is -0.305. The predicted octanol–water partition coefficient (Wildman–Crippen LogP) is 12.3. The summed E-state index contributed by atoms with van der Waals surface area (Å²) in [5.74, 6) is 2.14. The van der Waals surface area contributed by atoms with Crippen LogP contribution >= 0.6 is 11.8 Å². The van der Waals surface area contributed by atoms with Crippen molar-refractivity contribution in [3.05, 3.63) is 69.6 Å². The summed E-state index contributed by atoms with van der Waals surface area (Å²) in [4.78, 5) is 12.6. The summed E-state index contributed by atoms with van der Waals surface area (Å²) in [6.07, 6.45) is 14.1. The van der Waals surface area contributed by atoms with Crippen LogP contribution in [0.15, 0.2) is 58.2 Å². The van der Waals surface area contributed by atoms with Crippen molar-refractivity contribution in [3.8, 4) is 0 Å². The lowest BCUT2D eigenvalue weighted by Crippen LogP contribution is -2.10. The largest absolute Gasteiger partial charge is 0.381 e. The molecule has 1 heterocycles. The Balaban J connectivity index is 0.000000421. The lowest BCUT2D eigenvalue weighted by molar-refractivity contribution is -0.110. The maximum absolute atomic E-state index is 13.7. The van der Waals surface area contributed by atoms with Crippen molar-refractivity contribution < 1.29 is 13.9 Å². The minimum absolute atomic E-state index is 0.108. The van der Waals surface area contributed by atoms with Crippen molar-refractivity contribution in [2.24, 2.45) is 0 Å². The zero-order valence-electron chi connectivity index (χ0n) is 29.4. The maximum atomic E-state index is 13.7. The van der Waals surface area contributed by atoms with E-state index in [0.29, 0.717) is 16.8 Å². The van der Waals surface area contributed by atoms with Crippen LogP contribution in [0.4, 0.5) is 10.1 Å². The third kappa shape index (κ3) is 14.3. The van der Waals surface area contributed by atoms with Crippen molar-refractivity contribution in [2.75, 3.05) is 30.0 Å². The lowest BCUT2D eigenvalue weighted by Gasteiger charge is -2.24. The molecule has 5 heteroatoms. The lowest BCUT2D eigenvalue weighted by atomic mass is 9.80. The molecule has 1 amide bonds. The quantitative estimate of drug-likeness (QED) is 0.119. The number of unbranched alkanes of at least 4 members (excludes halogenated alkanes) is 3. The molecule has 0 spiro atoms. The van der Waals surface area contributed by atoms with E-state index < -0.39 is 0 Å². The molecule has 1 aliphatic carbocycles. The average molecular weight is 628 g/mol. The van der Waals surface area contributed by atoms with Crippen LogP contribution in [0, 0.1) is 5.82 Å². The van der Waals surface area contributed by atoms with Crippen LogP contribution in [0.1, 0.15) is 138 Å². The van der Waals surface area contributed by atoms with Gasteiger partial charge in [-0.25, -0.2) is 4.39 Å². The first-order valence-electron chi connectivity index (χ1n) is 17.1. The Labute approximate surface area is 274 Å². The van der Waals surface area contributed by atoms with E-state index in [1.807, 2.05) is 11.8 Å². The summed E-state index contributed by atoms with van der Waals surface area (Å²) >= 11 is 2.02. The molecule has 3 rings (SSSR count). The highest BCUT2D eigenvalue weighted by Crippen LogP contribution is 2.42. The first-order chi connectivity index (χ1) is 21.1. The molecule has 1 aromatic carbocycles. The summed E-state index contributed by atoms with van der Waals surface area (Å²) in [6.45, 7) is 23.1. The van der Waals surface area contributed by atoms with Crippen LogP contribution in [0.3, 0.4) is 0 Å². The van der Waals surface area contributed by atoms with E-state index in [0.717, 1.165) is 57.3 Å². The summed E-state index contributed by atoms with van der Waals surface area (Å²) in [5, 5.41) is 2.88. The highest BCUT2D eigenvalue weighted by molar-refractivity contribution is 7.99. The number of hydrogen-bond acceptors (Lipinski definition) is 3. The molecule has 2 aliphatic rings. The molecule has 3 nitrogen and oxygen atoms in total. The van der Waals surface area contributed by atoms with Gasteiger partial charge in [0.05, 0.1) is 5.57 Å². The van der Waals surface area contributed by atoms with Crippen LogP contribution in [-0.4, -0.2) is 30.6 Å². The van der Waals surface area contributed by atoms with Gasteiger partial charge >= 0.3 is 0 Å². The van der Waals surface area contributed by atoms with E-state index in [-0.39, 0.29) is 11.7 Å². The smallest absolute Gasteiger partial charge is 0.256 e. The van der Waals surface area contributed by atoms with Crippen molar-refractivity contribution in [1.82, 2.24) is 0 Å². The first kappa shape index (κ1) is 39.9. The zero-order chi connectivity index (χ0) is 32.9. The van der Waals surface area contributed by atoms with Gasteiger partial charge in [-0.2, -0.15) is 11.8 Å². The minimum Gasteiger partial charge on any atom is -0.381 e. The SMILES string of the molecule is C=C(C)CCSCCC.CCC/C(C)=C(/C)C1=C(C)/C(=C2\C(=O)Nc3ccc(F)cc32)CCC1.CCCCCCOCCC. The number of carbonyl (C=O) groups excluding carboxylic acids is 1. The number of thioether (sulfide) groups is 1. The van der Waals surface area contributed by atoms with Gasteiger partial charge in [0.2, 0.25) is 0 Å². The van der Waals surface area contributed by atoms with Gasteiger partial charge in [-0.15, -0.1) is 6.58 Å². The topological polar surface area (TPSA) is 38.3 Å². The predicted molar refractivity (Wildman–Crippen MR) is 194 cm³/mol. The Bertz CT molecular complexity index is 1120.